The molecule has 3 aromatic rings. The molecule has 1 aromatic heterocycles. The fourth-order valence-electron chi connectivity index (χ4n) is 4.61. The third-order valence-corrected chi connectivity index (χ3v) is 12.7. The predicted molar refractivity (Wildman–Crippen MR) is 178 cm³/mol. The zero-order valence-electron chi connectivity index (χ0n) is 28.0. The molecule has 2 unspecified atom stereocenters. The summed E-state index contributed by atoms with van der Waals surface area (Å²) in [6.07, 6.45) is -8.29. The van der Waals surface area contributed by atoms with E-state index in [1.54, 1.807) is 94.5 Å². The molecule has 2 atom stereocenters. The molecule has 48 heavy (non-hydrogen) atoms. The fourth-order valence-corrected chi connectivity index (χ4v) is 5.88. The monoisotopic (exact) mass is 689 g/mol. The molecule has 0 saturated heterocycles. The Morgan fingerprint density at radius 2 is 1.52 bits per heavy atom. The van der Waals surface area contributed by atoms with Crippen LogP contribution in [0.5, 0.6) is 0 Å². The highest BCUT2D eigenvalue weighted by Gasteiger charge is 2.52. The first-order valence-electron chi connectivity index (χ1n) is 15.3. The van der Waals surface area contributed by atoms with Crippen LogP contribution in [0.2, 0.25) is 18.1 Å². The highest BCUT2D eigenvalue weighted by Crippen LogP contribution is 2.41. The first-order valence-corrected chi connectivity index (χ1v) is 18.2. The van der Waals surface area contributed by atoms with E-state index in [-0.39, 0.29) is 12.3 Å². The Labute approximate surface area is 278 Å². The minimum Gasteiger partial charge on any atom is -0.478 e. The molecule has 0 aliphatic rings. The second-order valence-corrected chi connectivity index (χ2v) is 18.0. The van der Waals surface area contributed by atoms with Gasteiger partial charge in [0.05, 0.1) is 17.3 Å². The minimum absolute atomic E-state index is 0.0117. The zero-order valence-corrected chi connectivity index (χ0v) is 29.0. The number of aromatic carboxylic acids is 1. The topological polar surface area (TPSA) is 136 Å². The molecule has 260 valence electrons. The Morgan fingerprint density at radius 3 is 2.02 bits per heavy atom. The lowest BCUT2D eigenvalue weighted by molar-refractivity contribution is -0.210. The van der Waals surface area contributed by atoms with E-state index in [2.05, 4.69) is 10.6 Å². The van der Waals surface area contributed by atoms with Crippen LogP contribution in [0.3, 0.4) is 0 Å². The number of amides is 2. The van der Waals surface area contributed by atoms with Crippen molar-refractivity contribution in [1.82, 2.24) is 9.88 Å². The molecular weight excluding hydrogens is 647 g/mol. The van der Waals surface area contributed by atoms with Crippen molar-refractivity contribution in [2.45, 2.75) is 84.2 Å². The first-order chi connectivity index (χ1) is 22.2. The summed E-state index contributed by atoms with van der Waals surface area (Å²) in [5, 5.41) is 14.1. The van der Waals surface area contributed by atoms with E-state index in [4.69, 9.17) is 9.16 Å². The number of carbonyl (C=O) groups is 3. The number of alkyl halides is 3. The molecule has 0 aliphatic carbocycles. The molecule has 2 amide bonds. The standard InChI is InChI=1S/C34H42F3N3O7Si/c1-21(2)27(29(34(35,36)37)47-48(6,7)33(3,4)5)38-26(41)19-40-25(23-16-12-9-13-17-23)18-24(31(43)44)28(30(40)42)39-32(45)46-20-22-14-10-8-11-15-22/h8-18,21,27,29H,19-20H2,1-7H3,(H,38,41)(H,39,45)(H,43,44). The van der Waals surface area contributed by atoms with Gasteiger partial charge in [-0.25, -0.2) is 9.59 Å². The van der Waals surface area contributed by atoms with Crippen molar-refractivity contribution >= 4 is 32.0 Å². The number of carbonyl (C=O) groups excluding carboxylic acids is 2. The van der Waals surface area contributed by atoms with E-state index in [0.717, 1.165) is 10.6 Å². The van der Waals surface area contributed by atoms with Gasteiger partial charge in [0.1, 0.15) is 18.8 Å². The Hall–Kier alpha value is -4.43. The minimum atomic E-state index is -4.83. The highest BCUT2D eigenvalue weighted by atomic mass is 28.4. The van der Waals surface area contributed by atoms with Gasteiger partial charge >= 0.3 is 18.2 Å². The number of ether oxygens (including phenoxy) is 1. The van der Waals surface area contributed by atoms with Crippen molar-refractivity contribution in [2.24, 2.45) is 5.92 Å². The summed E-state index contributed by atoms with van der Waals surface area (Å²) >= 11 is 0. The maximum Gasteiger partial charge on any atom is 0.415 e. The maximum absolute atomic E-state index is 14.5. The summed E-state index contributed by atoms with van der Waals surface area (Å²) in [5.41, 5.74) is -1.36. The number of rotatable bonds is 12. The summed E-state index contributed by atoms with van der Waals surface area (Å²) in [6, 6.07) is 16.3. The molecule has 0 spiro atoms. The fraction of sp³-hybridized carbons (Fsp3) is 0.412. The Kier molecular flexibility index (Phi) is 12.0. The van der Waals surface area contributed by atoms with Crippen LogP contribution < -0.4 is 16.2 Å². The van der Waals surface area contributed by atoms with Crippen LogP contribution in [-0.4, -0.2) is 54.3 Å². The second kappa shape index (κ2) is 15.2. The van der Waals surface area contributed by atoms with Gasteiger partial charge in [-0.3, -0.25) is 19.5 Å². The summed E-state index contributed by atoms with van der Waals surface area (Å²) in [7, 11) is -2.98. The van der Waals surface area contributed by atoms with Gasteiger partial charge in [-0.05, 0) is 41.2 Å². The van der Waals surface area contributed by atoms with Crippen LogP contribution >= 0.6 is 0 Å². The van der Waals surface area contributed by atoms with Crippen LogP contribution in [0, 0.1) is 5.92 Å². The van der Waals surface area contributed by atoms with Crippen molar-refractivity contribution < 1.29 is 41.8 Å². The molecule has 0 fully saturated rings. The number of hydrogen-bond donors (Lipinski definition) is 3. The van der Waals surface area contributed by atoms with Gasteiger partial charge in [0.2, 0.25) is 5.91 Å². The van der Waals surface area contributed by atoms with E-state index < -0.39 is 78.9 Å². The average molecular weight is 690 g/mol. The molecular formula is C34H42F3N3O7Si. The SMILES string of the molecule is CC(C)C(NC(=O)Cn1c(-c2ccccc2)cc(C(=O)O)c(NC(=O)OCc2ccccc2)c1=O)C(O[Si](C)(C)C(C)(C)C)C(F)(F)F. The van der Waals surface area contributed by atoms with Crippen LogP contribution in [0.15, 0.2) is 71.5 Å². The third kappa shape index (κ3) is 9.57. The Morgan fingerprint density at radius 1 is 0.958 bits per heavy atom. The van der Waals surface area contributed by atoms with Crippen LogP contribution in [-0.2, 0) is 27.1 Å². The maximum atomic E-state index is 14.5. The second-order valence-electron chi connectivity index (χ2n) is 13.2. The average Bonchev–Trinajstić information content (AvgIpc) is 2.99. The van der Waals surface area contributed by atoms with E-state index in [1.807, 2.05) is 0 Å². The number of nitrogens with one attached hydrogen (secondary N) is 2. The molecule has 0 aliphatic heterocycles. The predicted octanol–water partition coefficient (Wildman–Crippen LogP) is 7.06. The molecule has 0 radical (unpaired) electrons. The van der Waals surface area contributed by atoms with Gasteiger partial charge in [-0.15, -0.1) is 0 Å². The first kappa shape index (κ1) is 38.0. The number of halogens is 3. The van der Waals surface area contributed by atoms with Crippen molar-refractivity contribution in [3.63, 3.8) is 0 Å². The summed E-state index contributed by atoms with van der Waals surface area (Å²) in [5.74, 6) is -3.24. The quantitative estimate of drug-likeness (QED) is 0.173. The summed E-state index contributed by atoms with van der Waals surface area (Å²) in [4.78, 5) is 52.4. The van der Waals surface area contributed by atoms with Gasteiger partial charge in [0.15, 0.2) is 14.4 Å². The Balaban J connectivity index is 2.04. The van der Waals surface area contributed by atoms with Gasteiger partial charge in [0.25, 0.3) is 5.56 Å². The largest absolute Gasteiger partial charge is 0.478 e. The van der Waals surface area contributed by atoms with Crippen molar-refractivity contribution in [3.8, 4) is 11.3 Å². The lowest BCUT2D eigenvalue weighted by Gasteiger charge is -2.42. The number of anilines is 1. The molecule has 14 heteroatoms. The van der Waals surface area contributed by atoms with E-state index in [0.29, 0.717) is 11.1 Å². The van der Waals surface area contributed by atoms with Crippen LogP contribution in [0.4, 0.5) is 23.7 Å². The zero-order chi connectivity index (χ0) is 36.0. The number of pyridine rings is 1. The van der Waals surface area contributed by atoms with E-state index in [9.17, 15) is 37.5 Å². The summed E-state index contributed by atoms with van der Waals surface area (Å²) < 4.78 is 55.5. The lowest BCUT2D eigenvalue weighted by Crippen LogP contribution is -2.59. The smallest absolute Gasteiger partial charge is 0.415 e. The van der Waals surface area contributed by atoms with Gasteiger partial charge in [-0.1, -0.05) is 95.3 Å². The van der Waals surface area contributed by atoms with Gasteiger partial charge in [-0.2, -0.15) is 13.2 Å². The van der Waals surface area contributed by atoms with Crippen molar-refractivity contribution in [1.29, 1.82) is 0 Å². The molecule has 0 saturated carbocycles. The van der Waals surface area contributed by atoms with Crippen molar-refractivity contribution in [3.05, 3.63) is 88.2 Å². The van der Waals surface area contributed by atoms with E-state index in [1.165, 1.54) is 13.8 Å². The number of aromatic nitrogens is 1. The molecule has 0 bridgehead atoms. The van der Waals surface area contributed by atoms with Crippen LogP contribution in [0.1, 0.15) is 50.5 Å². The molecule has 3 N–H and O–H groups in total. The number of carboxylic acids is 1. The summed E-state index contributed by atoms with van der Waals surface area (Å²) in [6.45, 7) is 10.8. The molecule has 2 aromatic carbocycles. The highest BCUT2D eigenvalue weighted by molar-refractivity contribution is 6.74. The number of benzene rings is 2. The van der Waals surface area contributed by atoms with Gasteiger partial charge < -0.3 is 19.6 Å². The number of nitrogens with zero attached hydrogens (tertiary/aromatic N) is 1. The number of hydrogen-bond acceptors (Lipinski definition) is 6. The Bertz CT molecular complexity index is 1650. The molecule has 3 rings (SSSR count). The molecule has 10 nitrogen and oxygen atoms in total. The van der Waals surface area contributed by atoms with Crippen molar-refractivity contribution in [2.75, 3.05) is 5.32 Å². The normalized spacial score (nSPS) is 13.5. The number of carboxylic acid groups (broad SMARTS) is 1. The van der Waals surface area contributed by atoms with E-state index >= 15 is 0 Å². The molecule has 1 heterocycles. The van der Waals surface area contributed by atoms with Gasteiger partial charge in [0, 0.05) is 0 Å². The lowest BCUT2D eigenvalue weighted by atomic mass is 9.98. The third-order valence-electron chi connectivity index (χ3n) is 8.26. The van der Waals surface area contributed by atoms with Crippen LogP contribution in [0.25, 0.3) is 11.3 Å².